The zero-order chi connectivity index (χ0) is 13.5. The Bertz CT molecular complexity index is 411. The highest BCUT2D eigenvalue weighted by Crippen LogP contribution is 2.25. The Morgan fingerprint density at radius 1 is 1.42 bits per heavy atom. The van der Waals surface area contributed by atoms with Gasteiger partial charge in [0.2, 0.25) is 5.91 Å². The number of amides is 1. The molecule has 0 radical (unpaired) electrons. The monoisotopic (exact) mass is 288 g/mol. The lowest BCUT2D eigenvalue weighted by Gasteiger charge is -2.14. The predicted octanol–water partition coefficient (Wildman–Crippen LogP) is 1.73. The molecular weight excluding hydrogens is 268 g/mol. The van der Waals surface area contributed by atoms with E-state index in [1.165, 1.54) is 0 Å². The van der Waals surface area contributed by atoms with Crippen molar-refractivity contribution >= 4 is 24.0 Å². The summed E-state index contributed by atoms with van der Waals surface area (Å²) in [6, 6.07) is 5.02. The summed E-state index contributed by atoms with van der Waals surface area (Å²) in [5.41, 5.74) is 7.19. The van der Waals surface area contributed by atoms with E-state index in [2.05, 4.69) is 5.32 Å². The molecule has 1 amide bonds. The van der Waals surface area contributed by atoms with Crippen molar-refractivity contribution in [2.45, 2.75) is 19.9 Å². The molecule has 0 spiro atoms. The number of benzene rings is 1. The molecule has 5 nitrogen and oxygen atoms in total. The van der Waals surface area contributed by atoms with Crippen LogP contribution in [0.5, 0.6) is 5.75 Å². The topological polar surface area (TPSA) is 73.6 Å². The van der Waals surface area contributed by atoms with Crippen molar-refractivity contribution in [3.05, 3.63) is 23.8 Å². The second-order valence-electron chi connectivity index (χ2n) is 4.12. The van der Waals surface area contributed by atoms with E-state index in [-0.39, 0.29) is 18.3 Å². The van der Waals surface area contributed by atoms with Gasteiger partial charge in [0.05, 0.1) is 18.3 Å². The number of anilines is 1. The van der Waals surface area contributed by atoms with Crippen LogP contribution in [0, 0.1) is 6.92 Å². The van der Waals surface area contributed by atoms with E-state index in [1.807, 2.05) is 19.1 Å². The third-order valence-corrected chi connectivity index (χ3v) is 2.35. The standard InChI is InChI=1S/C13H20N2O3.ClH/c1-9-4-5-11(15-13(16)10(2)14)12(8-9)18-7-6-17-3;/h4-5,8,10H,6-7,14H2,1-3H3,(H,15,16);1H/t10-;/m1./s1. The Morgan fingerprint density at radius 2 is 2.11 bits per heavy atom. The summed E-state index contributed by atoms with van der Waals surface area (Å²) in [6.45, 7) is 4.52. The summed E-state index contributed by atoms with van der Waals surface area (Å²) in [4.78, 5) is 11.6. The first-order valence-electron chi connectivity index (χ1n) is 5.83. The van der Waals surface area contributed by atoms with Gasteiger partial charge in [0.1, 0.15) is 12.4 Å². The number of halogens is 1. The minimum Gasteiger partial charge on any atom is -0.489 e. The second-order valence-corrected chi connectivity index (χ2v) is 4.12. The smallest absolute Gasteiger partial charge is 0.241 e. The predicted molar refractivity (Wildman–Crippen MR) is 78.1 cm³/mol. The van der Waals surface area contributed by atoms with Gasteiger partial charge in [0.15, 0.2) is 0 Å². The van der Waals surface area contributed by atoms with Crippen molar-refractivity contribution in [1.29, 1.82) is 0 Å². The fraction of sp³-hybridized carbons (Fsp3) is 0.462. The van der Waals surface area contributed by atoms with Crippen LogP contribution in [-0.4, -0.2) is 32.3 Å². The highest BCUT2D eigenvalue weighted by atomic mass is 35.5. The summed E-state index contributed by atoms with van der Waals surface area (Å²) < 4.78 is 10.5. The lowest BCUT2D eigenvalue weighted by atomic mass is 10.2. The molecule has 0 unspecified atom stereocenters. The molecule has 19 heavy (non-hydrogen) atoms. The van der Waals surface area contributed by atoms with E-state index >= 15 is 0 Å². The van der Waals surface area contributed by atoms with E-state index in [1.54, 1.807) is 20.1 Å². The quantitative estimate of drug-likeness (QED) is 0.782. The number of nitrogens with one attached hydrogen (secondary N) is 1. The van der Waals surface area contributed by atoms with E-state index in [4.69, 9.17) is 15.2 Å². The van der Waals surface area contributed by atoms with Crippen molar-refractivity contribution in [2.75, 3.05) is 25.6 Å². The molecule has 0 heterocycles. The molecule has 0 bridgehead atoms. The molecular formula is C13H21ClN2O3. The van der Waals surface area contributed by atoms with Gasteiger partial charge in [-0.2, -0.15) is 0 Å². The zero-order valence-electron chi connectivity index (χ0n) is 11.4. The summed E-state index contributed by atoms with van der Waals surface area (Å²) in [7, 11) is 1.61. The van der Waals surface area contributed by atoms with Gasteiger partial charge >= 0.3 is 0 Å². The van der Waals surface area contributed by atoms with E-state index in [0.717, 1.165) is 5.56 Å². The molecule has 1 aromatic rings. The number of carbonyl (C=O) groups is 1. The fourth-order valence-corrected chi connectivity index (χ4v) is 1.33. The van der Waals surface area contributed by atoms with Gasteiger partial charge in [-0.1, -0.05) is 6.07 Å². The Kier molecular flexibility index (Phi) is 8.14. The maximum atomic E-state index is 11.6. The Morgan fingerprint density at radius 3 is 2.68 bits per heavy atom. The van der Waals surface area contributed by atoms with Crippen LogP contribution in [0.2, 0.25) is 0 Å². The third kappa shape index (κ3) is 5.92. The van der Waals surface area contributed by atoms with Gasteiger partial charge in [0.25, 0.3) is 0 Å². The highest BCUT2D eigenvalue weighted by molar-refractivity contribution is 5.95. The van der Waals surface area contributed by atoms with Crippen LogP contribution in [0.3, 0.4) is 0 Å². The molecule has 0 aromatic heterocycles. The largest absolute Gasteiger partial charge is 0.489 e. The van der Waals surface area contributed by atoms with Crippen molar-refractivity contribution in [2.24, 2.45) is 5.73 Å². The van der Waals surface area contributed by atoms with E-state index in [9.17, 15) is 4.79 Å². The third-order valence-electron chi connectivity index (χ3n) is 2.35. The first-order valence-corrected chi connectivity index (χ1v) is 5.83. The molecule has 1 atom stereocenters. The number of hydrogen-bond acceptors (Lipinski definition) is 4. The summed E-state index contributed by atoms with van der Waals surface area (Å²) in [5, 5.41) is 2.73. The Labute approximate surface area is 119 Å². The van der Waals surface area contributed by atoms with Gasteiger partial charge in [-0.05, 0) is 31.5 Å². The molecule has 3 N–H and O–H groups in total. The van der Waals surface area contributed by atoms with Gasteiger partial charge in [-0.25, -0.2) is 0 Å². The highest BCUT2D eigenvalue weighted by Gasteiger charge is 2.11. The van der Waals surface area contributed by atoms with Gasteiger partial charge in [-0.3, -0.25) is 4.79 Å². The lowest BCUT2D eigenvalue weighted by Crippen LogP contribution is -2.32. The first kappa shape index (κ1) is 17.7. The summed E-state index contributed by atoms with van der Waals surface area (Å²) in [5.74, 6) is 0.386. The average Bonchev–Trinajstić information content (AvgIpc) is 2.32. The van der Waals surface area contributed by atoms with Crippen molar-refractivity contribution in [3.8, 4) is 5.75 Å². The number of aryl methyl sites for hydroxylation is 1. The average molecular weight is 289 g/mol. The molecule has 0 fully saturated rings. The minimum absolute atomic E-state index is 0. The normalized spacial score (nSPS) is 11.4. The van der Waals surface area contributed by atoms with Crippen LogP contribution in [-0.2, 0) is 9.53 Å². The van der Waals surface area contributed by atoms with Crippen LogP contribution < -0.4 is 15.8 Å². The molecule has 1 aromatic carbocycles. The van der Waals surface area contributed by atoms with Gasteiger partial charge in [0, 0.05) is 7.11 Å². The molecule has 108 valence electrons. The number of carbonyl (C=O) groups excluding carboxylic acids is 1. The summed E-state index contributed by atoms with van der Waals surface area (Å²) >= 11 is 0. The second kappa shape index (κ2) is 8.74. The maximum Gasteiger partial charge on any atom is 0.241 e. The van der Waals surface area contributed by atoms with Crippen molar-refractivity contribution in [3.63, 3.8) is 0 Å². The molecule has 0 saturated heterocycles. The van der Waals surface area contributed by atoms with Crippen LogP contribution in [0.4, 0.5) is 5.69 Å². The molecule has 0 aliphatic heterocycles. The van der Waals surface area contributed by atoms with Crippen molar-refractivity contribution < 1.29 is 14.3 Å². The zero-order valence-corrected chi connectivity index (χ0v) is 12.3. The molecule has 0 aliphatic carbocycles. The van der Waals surface area contributed by atoms with Gasteiger partial charge in [-0.15, -0.1) is 12.4 Å². The number of methoxy groups -OCH3 is 1. The number of ether oxygens (including phenoxy) is 2. The molecule has 1 rings (SSSR count). The lowest BCUT2D eigenvalue weighted by molar-refractivity contribution is -0.117. The van der Waals surface area contributed by atoms with Crippen LogP contribution in [0.1, 0.15) is 12.5 Å². The number of nitrogens with two attached hydrogens (primary N) is 1. The Balaban J connectivity index is 0.00000324. The summed E-state index contributed by atoms with van der Waals surface area (Å²) in [6.07, 6.45) is 0. The van der Waals surface area contributed by atoms with E-state index in [0.29, 0.717) is 24.7 Å². The molecule has 0 saturated carbocycles. The minimum atomic E-state index is -0.557. The number of rotatable bonds is 6. The molecule has 0 aliphatic rings. The van der Waals surface area contributed by atoms with Crippen molar-refractivity contribution in [1.82, 2.24) is 0 Å². The molecule has 6 heteroatoms. The first-order chi connectivity index (χ1) is 8.54. The van der Waals surface area contributed by atoms with Crippen LogP contribution in [0.25, 0.3) is 0 Å². The SMILES string of the molecule is COCCOc1cc(C)ccc1NC(=O)[C@@H](C)N.Cl. The maximum absolute atomic E-state index is 11.6. The van der Waals surface area contributed by atoms with Crippen LogP contribution in [0.15, 0.2) is 18.2 Å². The Hall–Kier alpha value is -1.30. The van der Waals surface area contributed by atoms with Crippen LogP contribution >= 0.6 is 12.4 Å². The fourth-order valence-electron chi connectivity index (χ4n) is 1.33. The van der Waals surface area contributed by atoms with E-state index < -0.39 is 6.04 Å². The number of hydrogen-bond donors (Lipinski definition) is 2. The van der Waals surface area contributed by atoms with Gasteiger partial charge < -0.3 is 20.5 Å².